The van der Waals surface area contributed by atoms with E-state index in [-0.39, 0.29) is 12.0 Å². The Balaban J connectivity index is 0.000000200. The van der Waals surface area contributed by atoms with Gasteiger partial charge in [0.25, 0.3) is 5.56 Å². The Bertz CT molecular complexity index is 1520. The van der Waals surface area contributed by atoms with Crippen LogP contribution in [-0.2, 0) is 11.2 Å². The zero-order chi connectivity index (χ0) is 23.5. The van der Waals surface area contributed by atoms with Crippen molar-refractivity contribution in [2.45, 2.75) is 26.2 Å². The normalized spacial score (nSPS) is 11.0. The Kier molecular flexibility index (Phi) is 6.08. The molecule has 2 N–H and O–H groups in total. The lowest BCUT2D eigenvalue weighted by Crippen LogP contribution is -2.11. The molecular weight excluding hydrogens is 420 g/mol. The molecule has 2 aromatic carbocycles. The van der Waals surface area contributed by atoms with Gasteiger partial charge in [0.1, 0.15) is 11.3 Å². The highest BCUT2D eigenvalue weighted by atomic mass is 16.5. The number of aliphatic carboxylic acids is 1. The summed E-state index contributed by atoms with van der Waals surface area (Å²) in [5.41, 5.74) is 3.54. The Morgan fingerprint density at radius 2 is 1.64 bits per heavy atom. The van der Waals surface area contributed by atoms with Crippen LogP contribution >= 0.6 is 0 Å². The van der Waals surface area contributed by atoms with Gasteiger partial charge < -0.3 is 14.8 Å². The molecule has 0 fully saturated rings. The molecule has 3 aromatic heterocycles. The van der Waals surface area contributed by atoms with E-state index in [4.69, 9.17) is 4.74 Å². The number of para-hydroxylation sites is 2. The maximum absolute atomic E-state index is 12.3. The van der Waals surface area contributed by atoms with Crippen molar-refractivity contribution in [1.82, 2.24) is 19.4 Å². The standard InChI is InChI=1S/C17H12N2O3.C8H12N2O/c20-15(21)9-12-10-5-1-3-7-13(10)19-14-8-4-2-6-11(14)17(22)18-16(12)19;1-6(2)7-8(11-3)10-5-4-9-7/h1-8H,9H2,(H,18,22)(H,20,21);4-6H,1-3H3. The van der Waals surface area contributed by atoms with Crippen molar-refractivity contribution in [2.75, 3.05) is 7.11 Å². The molecule has 0 atom stereocenters. The molecular formula is C25H24N4O4. The lowest BCUT2D eigenvalue weighted by atomic mass is 10.1. The minimum absolute atomic E-state index is 0.134. The molecule has 5 aromatic rings. The number of hydrogen-bond donors (Lipinski definition) is 2. The minimum Gasteiger partial charge on any atom is -0.481 e. The van der Waals surface area contributed by atoms with Gasteiger partial charge in [0, 0.05) is 29.3 Å². The van der Waals surface area contributed by atoms with Gasteiger partial charge in [0.15, 0.2) is 0 Å². The largest absolute Gasteiger partial charge is 0.481 e. The first kappa shape index (κ1) is 22.0. The molecule has 0 aliphatic carbocycles. The van der Waals surface area contributed by atoms with Crippen molar-refractivity contribution >= 4 is 33.4 Å². The van der Waals surface area contributed by atoms with E-state index in [1.807, 2.05) is 46.9 Å². The first-order valence-corrected chi connectivity index (χ1v) is 10.5. The van der Waals surface area contributed by atoms with E-state index in [1.165, 1.54) is 0 Å². The number of H-pyrrole nitrogens is 1. The van der Waals surface area contributed by atoms with Gasteiger partial charge in [-0.05, 0) is 18.2 Å². The first-order chi connectivity index (χ1) is 15.9. The van der Waals surface area contributed by atoms with Gasteiger partial charge in [-0.25, -0.2) is 4.98 Å². The molecule has 0 aliphatic rings. The molecule has 5 rings (SSSR count). The Morgan fingerprint density at radius 1 is 1.03 bits per heavy atom. The van der Waals surface area contributed by atoms with Gasteiger partial charge in [-0.3, -0.25) is 19.0 Å². The monoisotopic (exact) mass is 444 g/mol. The predicted octanol–water partition coefficient (Wildman–Crippen LogP) is 4.17. The molecule has 0 bridgehead atoms. The molecule has 0 aliphatic heterocycles. The molecule has 0 saturated carbocycles. The van der Waals surface area contributed by atoms with E-state index in [2.05, 4.69) is 28.8 Å². The van der Waals surface area contributed by atoms with Crippen molar-refractivity contribution in [2.24, 2.45) is 0 Å². The number of aromatic nitrogens is 4. The number of rotatable bonds is 4. The minimum atomic E-state index is -0.924. The van der Waals surface area contributed by atoms with Crippen LogP contribution < -0.4 is 10.3 Å². The zero-order valence-electron chi connectivity index (χ0n) is 18.6. The third-order valence-electron chi connectivity index (χ3n) is 5.36. The Labute approximate surface area is 189 Å². The third-order valence-corrected chi connectivity index (χ3v) is 5.36. The fourth-order valence-electron chi connectivity index (χ4n) is 3.94. The van der Waals surface area contributed by atoms with E-state index in [1.54, 1.807) is 25.6 Å². The molecule has 8 nitrogen and oxygen atoms in total. The zero-order valence-corrected chi connectivity index (χ0v) is 18.6. The topological polar surface area (TPSA) is 110 Å². The highest BCUT2D eigenvalue weighted by Crippen LogP contribution is 2.28. The van der Waals surface area contributed by atoms with Crippen molar-refractivity contribution in [3.63, 3.8) is 0 Å². The van der Waals surface area contributed by atoms with Crippen LogP contribution in [0.15, 0.2) is 65.7 Å². The smallest absolute Gasteiger partial charge is 0.307 e. The number of hydrogen-bond acceptors (Lipinski definition) is 5. The van der Waals surface area contributed by atoms with Crippen LogP contribution in [0.3, 0.4) is 0 Å². The molecule has 0 amide bonds. The number of nitrogens with one attached hydrogen (secondary N) is 1. The molecule has 0 saturated heterocycles. The number of carboxylic acids is 1. The average molecular weight is 444 g/mol. The van der Waals surface area contributed by atoms with Crippen LogP contribution in [0.4, 0.5) is 0 Å². The van der Waals surface area contributed by atoms with Crippen LogP contribution in [0.5, 0.6) is 5.88 Å². The summed E-state index contributed by atoms with van der Waals surface area (Å²) in [6, 6.07) is 14.9. The fraction of sp³-hybridized carbons (Fsp3) is 0.200. The van der Waals surface area contributed by atoms with Gasteiger partial charge in [-0.15, -0.1) is 0 Å². The predicted molar refractivity (Wildman–Crippen MR) is 127 cm³/mol. The van der Waals surface area contributed by atoms with Crippen molar-refractivity contribution in [3.8, 4) is 5.88 Å². The molecule has 0 spiro atoms. The number of carboxylic acid groups (broad SMARTS) is 1. The summed E-state index contributed by atoms with van der Waals surface area (Å²) in [4.78, 5) is 34.5. The van der Waals surface area contributed by atoms with E-state index in [0.29, 0.717) is 28.4 Å². The number of ether oxygens (including phenoxy) is 1. The average Bonchev–Trinajstić information content (AvgIpc) is 3.12. The summed E-state index contributed by atoms with van der Waals surface area (Å²) in [7, 11) is 1.61. The van der Waals surface area contributed by atoms with Crippen LogP contribution in [0.25, 0.3) is 27.5 Å². The molecule has 0 unspecified atom stereocenters. The first-order valence-electron chi connectivity index (χ1n) is 10.5. The second kappa shape index (κ2) is 9.12. The second-order valence-electron chi connectivity index (χ2n) is 7.83. The fourth-order valence-corrected chi connectivity index (χ4v) is 3.94. The number of benzene rings is 2. The molecule has 0 radical (unpaired) electrons. The molecule has 3 heterocycles. The van der Waals surface area contributed by atoms with Crippen LogP contribution in [0.2, 0.25) is 0 Å². The van der Waals surface area contributed by atoms with Gasteiger partial charge in [0.05, 0.1) is 30.0 Å². The second-order valence-corrected chi connectivity index (χ2v) is 7.83. The summed E-state index contributed by atoms with van der Waals surface area (Å²) >= 11 is 0. The molecule has 33 heavy (non-hydrogen) atoms. The highest BCUT2D eigenvalue weighted by Gasteiger charge is 2.17. The van der Waals surface area contributed by atoms with Gasteiger partial charge in [0.2, 0.25) is 5.88 Å². The SMILES string of the molecule is COc1nccnc1C(C)C.O=C(O)Cc1c2ccccc2n2c1[nH]c(=O)c1ccccc12. The summed E-state index contributed by atoms with van der Waals surface area (Å²) in [5, 5.41) is 10.6. The quantitative estimate of drug-likeness (QED) is 0.431. The van der Waals surface area contributed by atoms with Crippen LogP contribution in [0.1, 0.15) is 31.0 Å². The van der Waals surface area contributed by atoms with Crippen molar-refractivity contribution in [1.29, 1.82) is 0 Å². The summed E-state index contributed by atoms with van der Waals surface area (Å²) < 4.78 is 6.95. The number of nitrogens with zero attached hydrogens (tertiary/aromatic N) is 3. The highest BCUT2D eigenvalue weighted by molar-refractivity contribution is 5.98. The number of fused-ring (bicyclic) bond motifs is 5. The number of aromatic amines is 1. The summed E-state index contributed by atoms with van der Waals surface area (Å²) in [6.07, 6.45) is 3.17. The lowest BCUT2D eigenvalue weighted by Gasteiger charge is -2.07. The summed E-state index contributed by atoms with van der Waals surface area (Å²) in [6.45, 7) is 4.12. The van der Waals surface area contributed by atoms with Crippen LogP contribution in [-0.4, -0.2) is 37.5 Å². The van der Waals surface area contributed by atoms with Crippen LogP contribution in [0, 0.1) is 0 Å². The van der Waals surface area contributed by atoms with E-state index < -0.39 is 5.97 Å². The Morgan fingerprint density at radius 3 is 2.24 bits per heavy atom. The van der Waals surface area contributed by atoms with Crippen molar-refractivity contribution < 1.29 is 14.6 Å². The van der Waals surface area contributed by atoms with E-state index in [9.17, 15) is 14.7 Å². The summed E-state index contributed by atoms with van der Waals surface area (Å²) in [5.74, 6) is 0.0633. The van der Waals surface area contributed by atoms with E-state index in [0.717, 1.165) is 22.1 Å². The molecule has 8 heteroatoms. The van der Waals surface area contributed by atoms with Gasteiger partial charge in [-0.1, -0.05) is 44.2 Å². The Hall–Kier alpha value is -4.20. The van der Waals surface area contributed by atoms with Gasteiger partial charge in [-0.2, -0.15) is 0 Å². The van der Waals surface area contributed by atoms with E-state index >= 15 is 0 Å². The lowest BCUT2D eigenvalue weighted by molar-refractivity contribution is -0.136. The molecule has 168 valence electrons. The number of methoxy groups -OCH3 is 1. The maximum atomic E-state index is 12.3. The maximum Gasteiger partial charge on any atom is 0.307 e. The van der Waals surface area contributed by atoms with Gasteiger partial charge >= 0.3 is 5.97 Å². The van der Waals surface area contributed by atoms with Crippen molar-refractivity contribution in [3.05, 3.63) is 82.5 Å². The number of carbonyl (C=O) groups is 1. The third kappa shape index (κ3) is 4.15.